The van der Waals surface area contributed by atoms with Crippen molar-refractivity contribution in [3.05, 3.63) is 113 Å². The fraction of sp³-hybridized carbons (Fsp3) is 0.233. The van der Waals surface area contributed by atoms with Gasteiger partial charge in [-0.3, -0.25) is 14.4 Å². The number of carbonyl (C=O) groups is 3. The molecular formula is C30H28N2O3. The molecule has 0 aromatic heterocycles. The molecule has 1 N–H and O–H groups in total. The highest BCUT2D eigenvalue weighted by atomic mass is 16.2. The highest BCUT2D eigenvalue weighted by Crippen LogP contribution is 2.43. The van der Waals surface area contributed by atoms with Crippen molar-refractivity contribution in [2.24, 2.45) is 5.92 Å². The number of nitrogens with one attached hydrogen (secondary N) is 1. The van der Waals surface area contributed by atoms with Crippen LogP contribution in [0.2, 0.25) is 0 Å². The van der Waals surface area contributed by atoms with Gasteiger partial charge in [-0.05, 0) is 42.5 Å². The Morgan fingerprint density at radius 1 is 0.857 bits per heavy atom. The third-order valence-electron chi connectivity index (χ3n) is 6.93. The molecule has 5 rings (SSSR count). The number of aryl methyl sites for hydroxylation is 1. The van der Waals surface area contributed by atoms with E-state index in [0.717, 1.165) is 16.7 Å². The molecule has 3 aromatic carbocycles. The zero-order valence-corrected chi connectivity index (χ0v) is 19.7. The average Bonchev–Trinajstić information content (AvgIpc) is 2.88. The molecule has 2 aliphatic rings. The minimum atomic E-state index is -0.782. The fourth-order valence-electron chi connectivity index (χ4n) is 5.10. The fourth-order valence-corrected chi connectivity index (χ4v) is 5.10. The van der Waals surface area contributed by atoms with Crippen molar-refractivity contribution in [2.45, 2.75) is 38.6 Å². The predicted molar refractivity (Wildman–Crippen MR) is 135 cm³/mol. The van der Waals surface area contributed by atoms with E-state index in [1.165, 1.54) is 0 Å². The van der Waals surface area contributed by atoms with Crippen molar-refractivity contribution in [3.8, 4) is 0 Å². The number of rotatable bonds is 5. The summed E-state index contributed by atoms with van der Waals surface area (Å²) in [4.78, 5) is 42.0. The van der Waals surface area contributed by atoms with E-state index in [1.807, 2.05) is 91.9 Å². The Morgan fingerprint density at radius 2 is 1.51 bits per heavy atom. The quantitative estimate of drug-likeness (QED) is 0.551. The van der Waals surface area contributed by atoms with Gasteiger partial charge < -0.3 is 10.2 Å². The van der Waals surface area contributed by atoms with Gasteiger partial charge in [0, 0.05) is 29.8 Å². The minimum absolute atomic E-state index is 0.00882. The van der Waals surface area contributed by atoms with Crippen LogP contribution in [0.15, 0.2) is 96.2 Å². The van der Waals surface area contributed by atoms with Gasteiger partial charge in [-0.1, -0.05) is 78.4 Å². The van der Waals surface area contributed by atoms with Gasteiger partial charge in [-0.15, -0.1) is 0 Å². The molecule has 1 aliphatic carbocycles. The van der Waals surface area contributed by atoms with Crippen LogP contribution in [0, 0.1) is 12.8 Å². The molecule has 2 atom stereocenters. The van der Waals surface area contributed by atoms with Crippen molar-refractivity contribution in [3.63, 3.8) is 0 Å². The zero-order valence-electron chi connectivity index (χ0n) is 19.7. The molecule has 1 aliphatic heterocycles. The third-order valence-corrected chi connectivity index (χ3v) is 6.93. The lowest BCUT2D eigenvalue weighted by molar-refractivity contribution is -0.136. The summed E-state index contributed by atoms with van der Waals surface area (Å²) in [7, 11) is 0. The van der Waals surface area contributed by atoms with Crippen LogP contribution in [-0.4, -0.2) is 22.5 Å². The van der Waals surface area contributed by atoms with Crippen LogP contribution in [-0.2, 0) is 20.9 Å². The molecule has 0 radical (unpaired) electrons. The lowest BCUT2D eigenvalue weighted by Crippen LogP contribution is -2.45. The first kappa shape index (κ1) is 22.8. The molecular weight excluding hydrogens is 436 g/mol. The maximum atomic E-state index is 13.6. The average molecular weight is 465 g/mol. The van der Waals surface area contributed by atoms with Gasteiger partial charge in [-0.25, -0.2) is 0 Å². The smallest absolute Gasteiger partial charge is 0.232 e. The lowest BCUT2D eigenvalue weighted by atomic mass is 9.74. The lowest BCUT2D eigenvalue weighted by Gasteiger charge is -2.40. The minimum Gasteiger partial charge on any atom is -0.326 e. The predicted octanol–water partition coefficient (Wildman–Crippen LogP) is 5.38. The maximum absolute atomic E-state index is 13.6. The number of hydrogen-bond acceptors (Lipinski definition) is 3. The summed E-state index contributed by atoms with van der Waals surface area (Å²) in [5, 5.41) is 2.92. The summed E-state index contributed by atoms with van der Waals surface area (Å²) in [6.07, 6.45) is 0.883. The number of nitrogens with zero attached hydrogens (tertiary/aromatic N) is 1. The Bertz CT molecular complexity index is 1280. The van der Waals surface area contributed by atoms with Crippen LogP contribution in [0.5, 0.6) is 0 Å². The van der Waals surface area contributed by atoms with Crippen molar-refractivity contribution < 1.29 is 14.4 Å². The van der Waals surface area contributed by atoms with Crippen molar-refractivity contribution in [1.82, 2.24) is 4.90 Å². The highest BCUT2D eigenvalue weighted by Gasteiger charge is 2.44. The van der Waals surface area contributed by atoms with Crippen LogP contribution >= 0.6 is 0 Å². The molecule has 176 valence electrons. The number of amides is 2. The van der Waals surface area contributed by atoms with Crippen LogP contribution < -0.4 is 5.32 Å². The number of allylic oxidation sites excluding steroid dienone is 1. The van der Waals surface area contributed by atoms with E-state index in [1.54, 1.807) is 4.90 Å². The van der Waals surface area contributed by atoms with Crippen molar-refractivity contribution in [1.29, 1.82) is 0 Å². The summed E-state index contributed by atoms with van der Waals surface area (Å²) in [6.45, 7) is 2.37. The summed E-state index contributed by atoms with van der Waals surface area (Å²) in [5.41, 5.74) is 5.01. The van der Waals surface area contributed by atoms with E-state index in [9.17, 15) is 14.4 Å². The molecule has 3 aromatic rings. The first-order chi connectivity index (χ1) is 17.0. The van der Waals surface area contributed by atoms with Gasteiger partial charge in [0.05, 0.1) is 12.5 Å². The van der Waals surface area contributed by atoms with E-state index >= 15 is 0 Å². The van der Waals surface area contributed by atoms with E-state index < -0.39 is 5.92 Å². The highest BCUT2D eigenvalue weighted by molar-refractivity contribution is 6.09. The Balaban J connectivity index is 1.51. The molecule has 2 amide bonds. The molecule has 5 nitrogen and oxygen atoms in total. The molecule has 0 saturated heterocycles. The van der Waals surface area contributed by atoms with Crippen LogP contribution in [0.4, 0.5) is 5.69 Å². The van der Waals surface area contributed by atoms with E-state index in [0.29, 0.717) is 36.3 Å². The largest absolute Gasteiger partial charge is 0.326 e. The number of anilines is 1. The second-order valence-corrected chi connectivity index (χ2v) is 9.38. The normalized spacial score (nSPS) is 20.0. The zero-order chi connectivity index (χ0) is 24.4. The molecule has 0 bridgehead atoms. The van der Waals surface area contributed by atoms with Gasteiger partial charge in [0.15, 0.2) is 5.78 Å². The van der Waals surface area contributed by atoms with Gasteiger partial charge in [0.25, 0.3) is 0 Å². The standard InChI is InChI=1S/C30H28N2O3/c1-20-12-14-24(15-13-20)31-30(35)25-18-28(34)32(19-21-8-4-2-5-9-21)26-16-23(17-27(33)29(25)26)22-10-6-3-7-11-22/h2-15,23,25H,16-19H2,1H3,(H,31,35)/t23-,25+/m0/s1. The maximum Gasteiger partial charge on any atom is 0.232 e. The molecule has 1 heterocycles. The Labute approximate surface area is 205 Å². The summed E-state index contributed by atoms with van der Waals surface area (Å²) in [5.74, 6) is -1.28. The Morgan fingerprint density at radius 3 is 2.20 bits per heavy atom. The number of benzene rings is 3. The van der Waals surface area contributed by atoms with Crippen molar-refractivity contribution >= 4 is 23.3 Å². The third kappa shape index (κ3) is 4.80. The first-order valence-electron chi connectivity index (χ1n) is 12.0. The first-order valence-corrected chi connectivity index (χ1v) is 12.0. The second kappa shape index (κ2) is 9.71. The summed E-state index contributed by atoms with van der Waals surface area (Å²) < 4.78 is 0. The number of ketones is 1. The number of Topliss-reactive ketones (excluding diaryl/α,β-unsaturated/α-hetero) is 1. The monoisotopic (exact) mass is 464 g/mol. The van der Waals surface area contributed by atoms with Gasteiger partial charge in [0.1, 0.15) is 0 Å². The van der Waals surface area contributed by atoms with Gasteiger partial charge in [-0.2, -0.15) is 0 Å². The Hall–Kier alpha value is -3.99. The van der Waals surface area contributed by atoms with Crippen LogP contribution in [0.3, 0.4) is 0 Å². The molecule has 0 saturated carbocycles. The SMILES string of the molecule is Cc1ccc(NC(=O)[C@@H]2CC(=O)N(Cc3ccccc3)C3=C2C(=O)C[C@@H](c2ccccc2)C3)cc1. The van der Waals surface area contributed by atoms with E-state index in [2.05, 4.69) is 5.32 Å². The van der Waals surface area contributed by atoms with Gasteiger partial charge in [0.2, 0.25) is 11.8 Å². The molecule has 0 unspecified atom stereocenters. The number of carbonyl (C=O) groups excluding carboxylic acids is 3. The van der Waals surface area contributed by atoms with Crippen LogP contribution in [0.25, 0.3) is 0 Å². The van der Waals surface area contributed by atoms with Crippen molar-refractivity contribution in [2.75, 3.05) is 5.32 Å². The molecule has 0 spiro atoms. The van der Waals surface area contributed by atoms with Crippen LogP contribution in [0.1, 0.15) is 41.9 Å². The van der Waals surface area contributed by atoms with E-state index in [4.69, 9.17) is 0 Å². The molecule has 0 fully saturated rings. The topological polar surface area (TPSA) is 66.5 Å². The second-order valence-electron chi connectivity index (χ2n) is 9.38. The Kier molecular flexibility index (Phi) is 6.32. The molecule has 35 heavy (non-hydrogen) atoms. The van der Waals surface area contributed by atoms with E-state index in [-0.39, 0.29) is 29.9 Å². The van der Waals surface area contributed by atoms with Gasteiger partial charge >= 0.3 is 0 Å². The summed E-state index contributed by atoms with van der Waals surface area (Å²) in [6, 6.07) is 27.2. The summed E-state index contributed by atoms with van der Waals surface area (Å²) >= 11 is 0. The molecule has 5 heteroatoms. The number of hydrogen-bond donors (Lipinski definition) is 1.